The molecule has 1 amide bonds. The van der Waals surface area contributed by atoms with Crippen molar-refractivity contribution < 1.29 is 19.0 Å². The molecule has 0 bridgehead atoms. The van der Waals surface area contributed by atoms with E-state index in [2.05, 4.69) is 0 Å². The zero-order valence-corrected chi connectivity index (χ0v) is 13.1. The van der Waals surface area contributed by atoms with E-state index in [1.54, 1.807) is 19.1 Å². The molecule has 1 aliphatic heterocycles. The van der Waals surface area contributed by atoms with Gasteiger partial charge < -0.3 is 14.2 Å². The van der Waals surface area contributed by atoms with E-state index in [0.717, 1.165) is 17.7 Å². The van der Waals surface area contributed by atoms with Crippen molar-refractivity contribution in [2.75, 3.05) is 25.7 Å². The summed E-state index contributed by atoms with van der Waals surface area (Å²) in [6.07, 6.45) is 0.801. The molecule has 0 aliphatic carbocycles. The van der Waals surface area contributed by atoms with Crippen molar-refractivity contribution in [1.29, 1.82) is 0 Å². The minimum Gasteiger partial charge on any atom is -0.449 e. The van der Waals surface area contributed by atoms with Crippen LogP contribution in [0.2, 0.25) is 0 Å². The fourth-order valence-corrected chi connectivity index (χ4v) is 2.73. The van der Waals surface area contributed by atoms with Crippen molar-refractivity contribution in [3.8, 4) is 0 Å². The third-order valence-electron chi connectivity index (χ3n) is 3.99. The van der Waals surface area contributed by atoms with Gasteiger partial charge in [0.1, 0.15) is 6.10 Å². The lowest BCUT2D eigenvalue weighted by Gasteiger charge is -2.47. The lowest BCUT2D eigenvalue weighted by molar-refractivity contribution is -0.108. The van der Waals surface area contributed by atoms with Crippen LogP contribution in [-0.2, 0) is 20.6 Å². The Morgan fingerprint density at radius 2 is 2.10 bits per heavy atom. The third kappa shape index (κ3) is 2.76. The van der Waals surface area contributed by atoms with Crippen LogP contribution in [0.5, 0.6) is 0 Å². The van der Waals surface area contributed by atoms with Gasteiger partial charge >= 0.3 is 6.09 Å². The van der Waals surface area contributed by atoms with E-state index in [9.17, 15) is 4.79 Å². The third-order valence-corrected chi connectivity index (χ3v) is 3.99. The molecule has 1 heterocycles. The van der Waals surface area contributed by atoms with Gasteiger partial charge in [0.2, 0.25) is 0 Å². The second-order valence-corrected chi connectivity index (χ2v) is 5.27. The molecule has 2 atom stereocenters. The van der Waals surface area contributed by atoms with E-state index in [0.29, 0.717) is 13.0 Å². The summed E-state index contributed by atoms with van der Waals surface area (Å²) in [5, 5.41) is 0. The number of methoxy groups -OCH3 is 2. The van der Waals surface area contributed by atoms with Crippen molar-refractivity contribution in [3.63, 3.8) is 0 Å². The standard InChI is InChI=1S/C16H23NO4/c1-5-10-21-15(18)17-13-9-7-6-8-12(13)11-14(19-3)16(17,2)20-4/h6-9,14H,5,10-11H2,1-4H3. The first-order valence-electron chi connectivity index (χ1n) is 7.21. The number of amides is 1. The Hall–Kier alpha value is -1.59. The number of carbonyl (C=O) groups excluding carboxylic acids is 1. The van der Waals surface area contributed by atoms with E-state index in [4.69, 9.17) is 14.2 Å². The van der Waals surface area contributed by atoms with Crippen LogP contribution in [-0.4, -0.2) is 38.7 Å². The van der Waals surface area contributed by atoms with Gasteiger partial charge in [-0.15, -0.1) is 0 Å². The van der Waals surface area contributed by atoms with Crippen molar-refractivity contribution in [2.45, 2.75) is 38.5 Å². The highest BCUT2D eigenvalue weighted by Crippen LogP contribution is 2.39. The molecule has 0 spiro atoms. The predicted octanol–water partition coefficient (Wildman–Crippen LogP) is 2.97. The Balaban J connectivity index is 2.46. The maximum Gasteiger partial charge on any atom is 0.416 e. The summed E-state index contributed by atoms with van der Waals surface area (Å²) < 4.78 is 16.5. The smallest absolute Gasteiger partial charge is 0.416 e. The average molecular weight is 293 g/mol. The number of hydrogen-bond donors (Lipinski definition) is 0. The Labute approximate surface area is 125 Å². The molecule has 0 aromatic heterocycles. The second-order valence-electron chi connectivity index (χ2n) is 5.27. The zero-order chi connectivity index (χ0) is 15.5. The number of ether oxygens (including phenoxy) is 3. The minimum absolute atomic E-state index is 0.258. The summed E-state index contributed by atoms with van der Waals surface area (Å²) in [4.78, 5) is 14.1. The van der Waals surface area contributed by atoms with Gasteiger partial charge in [0.05, 0.1) is 12.3 Å². The largest absolute Gasteiger partial charge is 0.449 e. The van der Waals surface area contributed by atoms with E-state index < -0.39 is 11.8 Å². The fourth-order valence-electron chi connectivity index (χ4n) is 2.73. The molecule has 0 radical (unpaired) electrons. The number of benzene rings is 1. The number of hydrogen-bond acceptors (Lipinski definition) is 4. The Morgan fingerprint density at radius 1 is 1.38 bits per heavy atom. The van der Waals surface area contributed by atoms with E-state index in [1.807, 2.05) is 38.1 Å². The molecule has 0 N–H and O–H groups in total. The maximum atomic E-state index is 12.5. The van der Waals surface area contributed by atoms with Crippen LogP contribution in [0.25, 0.3) is 0 Å². The molecule has 5 nitrogen and oxygen atoms in total. The van der Waals surface area contributed by atoms with Crippen molar-refractivity contribution >= 4 is 11.8 Å². The normalized spacial score (nSPS) is 24.6. The second kappa shape index (κ2) is 6.45. The van der Waals surface area contributed by atoms with E-state index >= 15 is 0 Å². The highest BCUT2D eigenvalue weighted by molar-refractivity contribution is 5.91. The van der Waals surface area contributed by atoms with Crippen LogP contribution in [0, 0.1) is 0 Å². The van der Waals surface area contributed by atoms with Crippen LogP contribution < -0.4 is 4.90 Å². The number of nitrogens with zero attached hydrogens (tertiary/aromatic N) is 1. The number of fused-ring (bicyclic) bond motifs is 1. The van der Waals surface area contributed by atoms with Crippen LogP contribution in [0.3, 0.4) is 0 Å². The molecular weight excluding hydrogens is 270 g/mol. The summed E-state index contributed by atoms with van der Waals surface area (Å²) in [7, 11) is 3.21. The van der Waals surface area contributed by atoms with Gasteiger partial charge in [-0.2, -0.15) is 0 Å². The molecule has 1 aliphatic rings. The fraction of sp³-hybridized carbons (Fsp3) is 0.562. The van der Waals surface area contributed by atoms with Gasteiger partial charge in [-0.3, -0.25) is 0 Å². The average Bonchev–Trinajstić information content (AvgIpc) is 2.51. The van der Waals surface area contributed by atoms with E-state index in [1.165, 1.54) is 0 Å². The van der Waals surface area contributed by atoms with Gasteiger partial charge in [0.25, 0.3) is 0 Å². The highest BCUT2D eigenvalue weighted by Gasteiger charge is 2.49. The Bertz CT molecular complexity index is 505. The van der Waals surface area contributed by atoms with Gasteiger partial charge in [-0.1, -0.05) is 25.1 Å². The van der Waals surface area contributed by atoms with Crippen molar-refractivity contribution in [1.82, 2.24) is 0 Å². The van der Waals surface area contributed by atoms with Crippen molar-refractivity contribution in [3.05, 3.63) is 29.8 Å². The summed E-state index contributed by atoms with van der Waals surface area (Å²) in [5.74, 6) is 0. The van der Waals surface area contributed by atoms with Gasteiger partial charge in [-0.05, 0) is 25.0 Å². The molecule has 1 aromatic carbocycles. The molecular formula is C16H23NO4. The monoisotopic (exact) mass is 293 g/mol. The molecule has 1 aromatic rings. The lowest BCUT2D eigenvalue weighted by atomic mass is 9.91. The summed E-state index contributed by atoms with van der Waals surface area (Å²) in [6.45, 7) is 4.20. The van der Waals surface area contributed by atoms with Crippen molar-refractivity contribution in [2.24, 2.45) is 0 Å². The predicted molar refractivity (Wildman–Crippen MR) is 80.5 cm³/mol. The lowest BCUT2D eigenvalue weighted by Crippen LogP contribution is -2.62. The van der Waals surface area contributed by atoms with Crippen LogP contribution in [0.15, 0.2) is 24.3 Å². The SMILES string of the molecule is CCCOC(=O)N1c2ccccc2CC(OC)C1(C)OC. The molecule has 5 heteroatoms. The summed E-state index contributed by atoms with van der Waals surface area (Å²) >= 11 is 0. The molecule has 2 rings (SSSR count). The quantitative estimate of drug-likeness (QED) is 0.856. The van der Waals surface area contributed by atoms with Gasteiger partial charge in [-0.25, -0.2) is 9.69 Å². The number of carbonyl (C=O) groups is 1. The van der Waals surface area contributed by atoms with Crippen LogP contribution in [0.1, 0.15) is 25.8 Å². The Kier molecular flexibility index (Phi) is 4.85. The molecule has 0 saturated carbocycles. The number of anilines is 1. The first-order valence-corrected chi connectivity index (χ1v) is 7.21. The summed E-state index contributed by atoms with van der Waals surface area (Å²) in [5.41, 5.74) is 0.970. The van der Waals surface area contributed by atoms with Crippen LogP contribution >= 0.6 is 0 Å². The number of rotatable bonds is 4. The topological polar surface area (TPSA) is 48.0 Å². The highest BCUT2D eigenvalue weighted by atomic mass is 16.6. The van der Waals surface area contributed by atoms with Gasteiger partial charge in [0.15, 0.2) is 5.72 Å². The Morgan fingerprint density at radius 3 is 2.71 bits per heavy atom. The van der Waals surface area contributed by atoms with Gasteiger partial charge in [0, 0.05) is 20.6 Å². The molecule has 0 fully saturated rings. The molecule has 116 valence electrons. The van der Waals surface area contributed by atoms with E-state index in [-0.39, 0.29) is 6.10 Å². The zero-order valence-electron chi connectivity index (χ0n) is 13.1. The molecule has 0 saturated heterocycles. The molecule has 2 unspecified atom stereocenters. The first kappa shape index (κ1) is 15.8. The summed E-state index contributed by atoms with van der Waals surface area (Å²) in [6, 6.07) is 7.76. The number of para-hydroxylation sites is 1. The molecule has 21 heavy (non-hydrogen) atoms. The maximum absolute atomic E-state index is 12.5. The minimum atomic E-state index is -0.895. The first-order chi connectivity index (χ1) is 10.1. The van der Waals surface area contributed by atoms with Crippen LogP contribution in [0.4, 0.5) is 10.5 Å².